The Morgan fingerprint density at radius 3 is 2.84 bits per heavy atom. The Hall–Kier alpha value is -1.59. The van der Waals surface area contributed by atoms with Gasteiger partial charge in [0.15, 0.2) is 5.60 Å². The monoisotopic (exact) mass is 346 g/mol. The van der Waals surface area contributed by atoms with Crippen molar-refractivity contribution in [1.29, 1.82) is 0 Å². The van der Waals surface area contributed by atoms with Crippen molar-refractivity contribution in [3.63, 3.8) is 0 Å². The molecule has 0 bridgehead atoms. The van der Waals surface area contributed by atoms with Crippen LogP contribution in [-0.4, -0.2) is 60.7 Å². The second kappa shape index (κ2) is 7.75. The first-order valence-electron chi connectivity index (χ1n) is 9.37. The van der Waals surface area contributed by atoms with Crippen LogP contribution < -0.4 is 4.74 Å². The number of carbonyl (C=O) groups is 1. The Kier molecular flexibility index (Phi) is 5.64. The van der Waals surface area contributed by atoms with Gasteiger partial charge >= 0.3 is 0 Å². The van der Waals surface area contributed by atoms with E-state index in [1.807, 2.05) is 44.0 Å². The fourth-order valence-electron chi connectivity index (χ4n) is 3.83. The maximum Gasteiger partial charge on any atom is 0.255 e. The van der Waals surface area contributed by atoms with E-state index in [0.29, 0.717) is 13.2 Å². The van der Waals surface area contributed by atoms with Crippen molar-refractivity contribution in [2.75, 3.05) is 33.3 Å². The molecule has 2 fully saturated rings. The number of likely N-dealkylation sites (tertiary alicyclic amines) is 1. The fraction of sp³-hybridized carbons (Fsp3) is 0.650. The summed E-state index contributed by atoms with van der Waals surface area (Å²) < 4.78 is 12.0. The van der Waals surface area contributed by atoms with Crippen molar-refractivity contribution >= 4 is 5.91 Å². The number of morpholine rings is 1. The van der Waals surface area contributed by atoms with Gasteiger partial charge in [-0.1, -0.05) is 18.2 Å². The standard InChI is InChI=1S/C20H30N2O3/c1-16(2)25-18-9-5-4-8-17(18)14-22-12-13-24-20(15-22)10-6-7-11-21(3)19(20)23/h4-5,8-9,16H,6-7,10-15H2,1-3H3. The average Bonchev–Trinajstić information content (AvgIpc) is 2.71. The van der Waals surface area contributed by atoms with Crippen molar-refractivity contribution in [1.82, 2.24) is 9.80 Å². The van der Waals surface area contributed by atoms with Crippen molar-refractivity contribution in [2.24, 2.45) is 0 Å². The number of carbonyl (C=O) groups excluding carboxylic acids is 1. The third-order valence-electron chi connectivity index (χ3n) is 5.05. The maximum absolute atomic E-state index is 12.9. The number of amides is 1. The molecule has 2 aliphatic heterocycles. The van der Waals surface area contributed by atoms with Gasteiger partial charge in [0.2, 0.25) is 0 Å². The third-order valence-corrected chi connectivity index (χ3v) is 5.05. The van der Waals surface area contributed by atoms with Crippen LogP contribution in [0.4, 0.5) is 0 Å². The highest BCUT2D eigenvalue weighted by Gasteiger charge is 2.45. The van der Waals surface area contributed by atoms with Crippen LogP contribution in [0.25, 0.3) is 0 Å². The molecule has 2 aliphatic rings. The van der Waals surface area contributed by atoms with E-state index in [2.05, 4.69) is 11.0 Å². The molecule has 5 heteroatoms. The third kappa shape index (κ3) is 4.15. The zero-order valence-electron chi connectivity index (χ0n) is 15.7. The highest BCUT2D eigenvalue weighted by molar-refractivity contribution is 5.85. The van der Waals surface area contributed by atoms with E-state index in [9.17, 15) is 4.79 Å². The minimum absolute atomic E-state index is 0.140. The van der Waals surface area contributed by atoms with Crippen LogP contribution >= 0.6 is 0 Å². The Labute approximate surface area is 150 Å². The van der Waals surface area contributed by atoms with E-state index in [4.69, 9.17) is 9.47 Å². The molecule has 3 rings (SSSR count). The normalized spacial score (nSPS) is 25.4. The topological polar surface area (TPSA) is 42.0 Å². The Morgan fingerprint density at radius 1 is 1.24 bits per heavy atom. The summed E-state index contributed by atoms with van der Waals surface area (Å²) in [5.41, 5.74) is 0.500. The molecular weight excluding hydrogens is 316 g/mol. The zero-order valence-corrected chi connectivity index (χ0v) is 15.7. The van der Waals surface area contributed by atoms with E-state index >= 15 is 0 Å². The second-order valence-electron chi connectivity index (χ2n) is 7.51. The molecule has 5 nitrogen and oxygen atoms in total. The van der Waals surface area contributed by atoms with Gasteiger partial charge in [0.1, 0.15) is 5.75 Å². The van der Waals surface area contributed by atoms with E-state index in [1.54, 1.807) is 0 Å². The molecule has 1 atom stereocenters. The SMILES string of the molecule is CC(C)Oc1ccccc1CN1CCOC2(CCCCN(C)C2=O)C1. The molecular formula is C20H30N2O3. The summed E-state index contributed by atoms with van der Waals surface area (Å²) >= 11 is 0. The Bertz CT molecular complexity index is 604. The predicted molar refractivity (Wildman–Crippen MR) is 97.7 cm³/mol. The molecule has 1 aromatic carbocycles. The van der Waals surface area contributed by atoms with E-state index in [-0.39, 0.29) is 12.0 Å². The summed E-state index contributed by atoms with van der Waals surface area (Å²) in [6.07, 6.45) is 3.06. The van der Waals surface area contributed by atoms with Gasteiger partial charge in [0.25, 0.3) is 5.91 Å². The second-order valence-corrected chi connectivity index (χ2v) is 7.51. The van der Waals surface area contributed by atoms with Gasteiger partial charge in [-0.3, -0.25) is 9.69 Å². The van der Waals surface area contributed by atoms with E-state index in [1.165, 1.54) is 5.56 Å². The first kappa shape index (κ1) is 18.2. The van der Waals surface area contributed by atoms with E-state index in [0.717, 1.165) is 44.6 Å². The number of ether oxygens (including phenoxy) is 2. The van der Waals surface area contributed by atoms with Gasteiger partial charge < -0.3 is 14.4 Å². The minimum Gasteiger partial charge on any atom is -0.491 e. The number of rotatable bonds is 4. The summed E-state index contributed by atoms with van der Waals surface area (Å²) in [5.74, 6) is 1.07. The van der Waals surface area contributed by atoms with Crippen molar-refractivity contribution in [3.8, 4) is 5.75 Å². The summed E-state index contributed by atoms with van der Waals surface area (Å²) in [4.78, 5) is 17.1. The number of hydrogen-bond donors (Lipinski definition) is 0. The highest BCUT2D eigenvalue weighted by atomic mass is 16.5. The van der Waals surface area contributed by atoms with Crippen molar-refractivity contribution in [3.05, 3.63) is 29.8 Å². The van der Waals surface area contributed by atoms with Crippen LogP contribution in [-0.2, 0) is 16.1 Å². The van der Waals surface area contributed by atoms with Crippen LogP contribution in [0.1, 0.15) is 38.7 Å². The molecule has 1 unspecified atom stereocenters. The number of nitrogens with zero attached hydrogens (tertiary/aromatic N) is 2. The lowest BCUT2D eigenvalue weighted by Crippen LogP contribution is -2.59. The summed E-state index contributed by atoms with van der Waals surface area (Å²) in [6, 6.07) is 8.19. The molecule has 0 N–H and O–H groups in total. The lowest BCUT2D eigenvalue weighted by atomic mass is 9.94. The van der Waals surface area contributed by atoms with Gasteiger partial charge in [-0.25, -0.2) is 0 Å². The largest absolute Gasteiger partial charge is 0.491 e. The van der Waals surface area contributed by atoms with Gasteiger partial charge in [0.05, 0.1) is 12.7 Å². The first-order chi connectivity index (χ1) is 12.0. The molecule has 2 heterocycles. The van der Waals surface area contributed by atoms with E-state index < -0.39 is 5.60 Å². The van der Waals surface area contributed by atoms with Gasteiger partial charge in [0, 0.05) is 38.8 Å². The minimum atomic E-state index is -0.669. The van der Waals surface area contributed by atoms with Crippen LogP contribution in [0.3, 0.4) is 0 Å². The van der Waals surface area contributed by atoms with Crippen LogP contribution in [0, 0.1) is 0 Å². The van der Waals surface area contributed by atoms with Gasteiger partial charge in [-0.15, -0.1) is 0 Å². The predicted octanol–water partition coefficient (Wildman–Crippen LogP) is 2.69. The molecule has 1 amide bonds. The van der Waals surface area contributed by atoms with Gasteiger partial charge in [-0.2, -0.15) is 0 Å². The highest BCUT2D eigenvalue weighted by Crippen LogP contribution is 2.31. The van der Waals surface area contributed by atoms with Gasteiger partial charge in [-0.05, 0) is 39.2 Å². The quantitative estimate of drug-likeness (QED) is 0.841. The lowest BCUT2D eigenvalue weighted by molar-refractivity contribution is -0.169. The number of benzene rings is 1. The van der Waals surface area contributed by atoms with Crippen molar-refractivity contribution < 1.29 is 14.3 Å². The lowest BCUT2D eigenvalue weighted by Gasteiger charge is -2.42. The summed E-state index contributed by atoms with van der Waals surface area (Å²) in [5, 5.41) is 0. The Morgan fingerprint density at radius 2 is 2.04 bits per heavy atom. The Balaban J connectivity index is 1.75. The molecule has 1 spiro atoms. The average molecular weight is 346 g/mol. The smallest absolute Gasteiger partial charge is 0.255 e. The molecule has 1 aromatic rings. The molecule has 0 radical (unpaired) electrons. The molecule has 0 saturated carbocycles. The zero-order chi connectivity index (χ0) is 17.9. The summed E-state index contributed by atoms with van der Waals surface area (Å²) in [6.45, 7) is 7.80. The van der Waals surface area contributed by atoms with Crippen LogP contribution in [0.5, 0.6) is 5.75 Å². The van der Waals surface area contributed by atoms with Crippen LogP contribution in [0.15, 0.2) is 24.3 Å². The first-order valence-corrected chi connectivity index (χ1v) is 9.37. The number of hydrogen-bond acceptors (Lipinski definition) is 4. The van der Waals surface area contributed by atoms with Crippen molar-refractivity contribution in [2.45, 2.75) is 51.4 Å². The van der Waals surface area contributed by atoms with Crippen LogP contribution in [0.2, 0.25) is 0 Å². The fourth-order valence-corrected chi connectivity index (χ4v) is 3.83. The molecule has 2 saturated heterocycles. The number of para-hydroxylation sites is 1. The molecule has 0 aromatic heterocycles. The maximum atomic E-state index is 12.9. The summed E-state index contributed by atoms with van der Waals surface area (Å²) in [7, 11) is 1.89. The molecule has 0 aliphatic carbocycles. The number of likely N-dealkylation sites (N-methyl/N-ethyl adjacent to an activating group) is 1. The molecule has 25 heavy (non-hydrogen) atoms. The molecule has 138 valence electrons.